The molecule has 0 saturated carbocycles. The number of rotatable bonds is 3. The summed E-state index contributed by atoms with van der Waals surface area (Å²) in [5, 5.41) is 17.9. The Kier molecular flexibility index (Phi) is 3.38. The molecule has 1 aromatic heterocycles. The average Bonchev–Trinajstić information content (AvgIpc) is 2.72. The van der Waals surface area contributed by atoms with Gasteiger partial charge in [-0.05, 0) is 6.07 Å². The van der Waals surface area contributed by atoms with Crippen molar-refractivity contribution in [1.29, 1.82) is 0 Å². The molecule has 1 fully saturated rings. The molecule has 94 valence electrons. The van der Waals surface area contributed by atoms with E-state index in [4.69, 9.17) is 20.8 Å². The van der Waals surface area contributed by atoms with Crippen molar-refractivity contribution in [2.75, 3.05) is 12.3 Å². The van der Waals surface area contributed by atoms with Gasteiger partial charge in [-0.3, -0.25) is 4.57 Å². The molecule has 1 aliphatic rings. The lowest BCUT2D eigenvalue weighted by molar-refractivity contribution is -0.0377. The van der Waals surface area contributed by atoms with Gasteiger partial charge in [-0.2, -0.15) is 10.5 Å². The van der Waals surface area contributed by atoms with Crippen molar-refractivity contribution in [3.05, 3.63) is 22.7 Å². The number of nitrogen functional groups attached to an aromatic ring is 1. The van der Waals surface area contributed by atoms with E-state index in [9.17, 15) is 4.79 Å². The number of nitrogens with two attached hydrogens (primary N) is 1. The van der Waals surface area contributed by atoms with Crippen LogP contribution in [0.1, 0.15) is 12.6 Å². The Bertz CT molecular complexity index is 437. The smallest absolute Gasteiger partial charge is 0.351 e. The maximum atomic E-state index is 11.6. The zero-order valence-electron chi connectivity index (χ0n) is 8.98. The van der Waals surface area contributed by atoms with E-state index < -0.39 is 24.1 Å². The van der Waals surface area contributed by atoms with E-state index in [1.807, 2.05) is 0 Å². The quantitative estimate of drug-likeness (QED) is 0.473. The molecule has 3 atom stereocenters. The Labute approximate surface area is 96.6 Å². The topological polar surface area (TPSA) is 123 Å². The van der Waals surface area contributed by atoms with Gasteiger partial charge in [0.1, 0.15) is 18.1 Å². The van der Waals surface area contributed by atoms with E-state index in [-0.39, 0.29) is 12.4 Å². The van der Waals surface area contributed by atoms with Gasteiger partial charge in [-0.1, -0.05) is 0 Å². The standard InChI is InChI=1S/C9H14N4O4/c10-7-1-2-13(9(15)11-7)8-3-5(12-16)6(4-14)17-8/h1-2,5-6,8,12,14,16H,3-4H2,(H2,10,11,15)/t5-,6+,8+/m0/s1. The zero-order chi connectivity index (χ0) is 12.4. The minimum Gasteiger partial charge on any atom is -0.394 e. The molecule has 1 aromatic rings. The number of hydrogen-bond donors (Lipinski definition) is 4. The highest BCUT2D eigenvalue weighted by atomic mass is 16.5. The zero-order valence-corrected chi connectivity index (χ0v) is 8.98. The first-order chi connectivity index (χ1) is 8.15. The third-order valence-corrected chi connectivity index (χ3v) is 2.74. The lowest BCUT2D eigenvalue weighted by Crippen LogP contribution is -2.36. The lowest BCUT2D eigenvalue weighted by atomic mass is 10.1. The average molecular weight is 242 g/mol. The molecule has 2 rings (SSSR count). The number of nitrogens with one attached hydrogen (secondary N) is 1. The van der Waals surface area contributed by atoms with E-state index in [0.29, 0.717) is 6.42 Å². The molecule has 0 bridgehead atoms. The lowest BCUT2D eigenvalue weighted by Gasteiger charge is -2.14. The second-order valence-electron chi connectivity index (χ2n) is 3.83. The molecular formula is C9H14N4O4. The Morgan fingerprint density at radius 1 is 1.71 bits per heavy atom. The highest BCUT2D eigenvalue weighted by Gasteiger charge is 2.35. The van der Waals surface area contributed by atoms with Crippen molar-refractivity contribution < 1.29 is 15.1 Å². The second kappa shape index (κ2) is 4.80. The number of aliphatic hydroxyl groups excluding tert-OH is 1. The Balaban J connectivity index is 2.22. The van der Waals surface area contributed by atoms with Crippen LogP contribution in [0.5, 0.6) is 0 Å². The van der Waals surface area contributed by atoms with Crippen LogP contribution in [-0.4, -0.2) is 38.6 Å². The molecule has 0 radical (unpaired) electrons. The van der Waals surface area contributed by atoms with Crippen LogP contribution < -0.4 is 16.9 Å². The van der Waals surface area contributed by atoms with Crippen LogP contribution in [0.2, 0.25) is 0 Å². The number of ether oxygens (including phenoxy) is 1. The van der Waals surface area contributed by atoms with Crippen LogP contribution in [0.4, 0.5) is 5.82 Å². The van der Waals surface area contributed by atoms with Gasteiger partial charge in [0, 0.05) is 12.6 Å². The van der Waals surface area contributed by atoms with Crippen LogP contribution in [0.3, 0.4) is 0 Å². The molecule has 8 nitrogen and oxygen atoms in total. The van der Waals surface area contributed by atoms with E-state index in [1.165, 1.54) is 16.8 Å². The molecule has 1 saturated heterocycles. The molecule has 0 aromatic carbocycles. The van der Waals surface area contributed by atoms with Crippen molar-refractivity contribution in [1.82, 2.24) is 15.0 Å². The molecular weight excluding hydrogens is 228 g/mol. The van der Waals surface area contributed by atoms with Crippen molar-refractivity contribution in [3.8, 4) is 0 Å². The summed E-state index contributed by atoms with van der Waals surface area (Å²) >= 11 is 0. The Morgan fingerprint density at radius 2 is 2.47 bits per heavy atom. The molecule has 0 amide bonds. The van der Waals surface area contributed by atoms with Crippen LogP contribution in [0.25, 0.3) is 0 Å². The van der Waals surface area contributed by atoms with Crippen LogP contribution in [0.15, 0.2) is 17.1 Å². The number of nitrogens with zero attached hydrogens (tertiary/aromatic N) is 2. The summed E-state index contributed by atoms with van der Waals surface area (Å²) in [5.74, 6) is 0.139. The fourth-order valence-corrected chi connectivity index (χ4v) is 1.85. The van der Waals surface area contributed by atoms with Crippen molar-refractivity contribution in [2.24, 2.45) is 0 Å². The molecule has 5 N–H and O–H groups in total. The predicted molar refractivity (Wildman–Crippen MR) is 57.2 cm³/mol. The third kappa shape index (κ3) is 2.29. The van der Waals surface area contributed by atoms with Crippen LogP contribution in [-0.2, 0) is 4.74 Å². The monoisotopic (exact) mass is 242 g/mol. The summed E-state index contributed by atoms with van der Waals surface area (Å²) in [4.78, 5) is 15.1. The summed E-state index contributed by atoms with van der Waals surface area (Å²) in [6, 6.07) is 1.06. The van der Waals surface area contributed by atoms with Crippen molar-refractivity contribution in [3.63, 3.8) is 0 Å². The van der Waals surface area contributed by atoms with Crippen molar-refractivity contribution in [2.45, 2.75) is 24.8 Å². The molecule has 17 heavy (non-hydrogen) atoms. The minimum atomic E-state index is -0.572. The van der Waals surface area contributed by atoms with Gasteiger partial charge in [0.2, 0.25) is 0 Å². The predicted octanol–water partition coefficient (Wildman–Crippen LogP) is -1.55. The summed E-state index contributed by atoms with van der Waals surface area (Å²) in [5.41, 5.74) is 6.90. The van der Waals surface area contributed by atoms with E-state index >= 15 is 0 Å². The number of aliphatic hydroxyl groups is 1. The number of hydrogen-bond acceptors (Lipinski definition) is 7. The fourth-order valence-electron chi connectivity index (χ4n) is 1.85. The first-order valence-electron chi connectivity index (χ1n) is 5.16. The molecule has 0 spiro atoms. The van der Waals surface area contributed by atoms with Crippen LogP contribution in [0, 0.1) is 0 Å². The maximum Gasteiger partial charge on any atom is 0.351 e. The van der Waals surface area contributed by atoms with Gasteiger partial charge < -0.3 is 20.8 Å². The number of anilines is 1. The number of aromatic nitrogens is 2. The van der Waals surface area contributed by atoms with Gasteiger partial charge >= 0.3 is 5.69 Å². The summed E-state index contributed by atoms with van der Waals surface area (Å²) < 4.78 is 6.70. The van der Waals surface area contributed by atoms with Gasteiger partial charge in [0.05, 0.1) is 12.6 Å². The van der Waals surface area contributed by atoms with E-state index in [2.05, 4.69) is 10.5 Å². The summed E-state index contributed by atoms with van der Waals surface area (Å²) in [7, 11) is 0. The van der Waals surface area contributed by atoms with Crippen LogP contribution >= 0.6 is 0 Å². The molecule has 0 aliphatic carbocycles. The first kappa shape index (κ1) is 12.0. The molecule has 0 unspecified atom stereocenters. The highest BCUT2D eigenvalue weighted by Crippen LogP contribution is 2.27. The van der Waals surface area contributed by atoms with E-state index in [0.717, 1.165) is 0 Å². The summed E-state index contributed by atoms with van der Waals surface area (Å²) in [6.45, 7) is -0.244. The largest absolute Gasteiger partial charge is 0.394 e. The normalized spacial score (nSPS) is 28.5. The van der Waals surface area contributed by atoms with Gasteiger partial charge in [-0.25, -0.2) is 4.79 Å². The van der Waals surface area contributed by atoms with Gasteiger partial charge in [0.15, 0.2) is 0 Å². The van der Waals surface area contributed by atoms with Gasteiger partial charge in [0.25, 0.3) is 0 Å². The number of hydroxylamine groups is 1. The first-order valence-corrected chi connectivity index (χ1v) is 5.16. The highest BCUT2D eigenvalue weighted by molar-refractivity contribution is 5.23. The minimum absolute atomic E-state index is 0.139. The SMILES string of the molecule is Nc1ccn([C@H]2C[C@H](NO)[C@@H](CO)O2)c(=O)n1. The second-order valence-corrected chi connectivity index (χ2v) is 3.83. The maximum absolute atomic E-state index is 11.6. The van der Waals surface area contributed by atoms with E-state index in [1.54, 1.807) is 0 Å². The molecule has 1 aliphatic heterocycles. The third-order valence-electron chi connectivity index (χ3n) is 2.74. The fraction of sp³-hybridized carbons (Fsp3) is 0.556. The molecule has 8 heteroatoms. The van der Waals surface area contributed by atoms with Crippen molar-refractivity contribution >= 4 is 5.82 Å². The summed E-state index contributed by atoms with van der Waals surface area (Å²) in [6.07, 6.45) is 0.698. The Hall–Kier alpha value is -1.48. The Morgan fingerprint density at radius 3 is 3.00 bits per heavy atom. The molecule has 2 heterocycles. The van der Waals surface area contributed by atoms with Gasteiger partial charge in [-0.15, -0.1) is 0 Å².